The zero-order valence-electron chi connectivity index (χ0n) is 20.1. The van der Waals surface area contributed by atoms with E-state index in [2.05, 4.69) is 4.90 Å². The Morgan fingerprint density at radius 3 is 2.49 bits per heavy atom. The van der Waals surface area contributed by atoms with Gasteiger partial charge in [-0.3, -0.25) is 14.5 Å². The van der Waals surface area contributed by atoms with E-state index in [4.69, 9.17) is 9.47 Å². The Hall–Kier alpha value is -3.23. The summed E-state index contributed by atoms with van der Waals surface area (Å²) >= 11 is 0. The molecule has 2 aromatic rings. The smallest absolute Gasteiger partial charge is 0.295 e. The number of aliphatic hydroxyl groups excluding tert-OH is 1. The molecule has 0 aromatic heterocycles. The molecule has 0 radical (unpaired) electrons. The molecule has 2 fully saturated rings. The number of likely N-dealkylation sites (tertiary alicyclic amines) is 1. The summed E-state index contributed by atoms with van der Waals surface area (Å²) in [5.41, 5.74) is 1.80. The molecular weight excluding hydrogens is 451 g/mol. The third-order valence-electron chi connectivity index (χ3n) is 6.45. The number of aliphatic hydroxyl groups is 1. The molecule has 1 N–H and O–H groups in total. The van der Waals surface area contributed by atoms with Gasteiger partial charge in [-0.2, -0.15) is 0 Å². The van der Waals surface area contributed by atoms with Gasteiger partial charge in [0.15, 0.2) is 0 Å². The Kier molecular flexibility index (Phi) is 7.83. The van der Waals surface area contributed by atoms with Gasteiger partial charge in [-0.15, -0.1) is 0 Å². The molecule has 0 aliphatic carbocycles. The van der Waals surface area contributed by atoms with Crippen LogP contribution in [0.2, 0.25) is 0 Å². The third kappa shape index (κ3) is 5.39. The van der Waals surface area contributed by atoms with Crippen LogP contribution in [0.3, 0.4) is 0 Å². The summed E-state index contributed by atoms with van der Waals surface area (Å²) in [7, 11) is 0. The first-order valence-corrected chi connectivity index (χ1v) is 12.0. The average Bonchev–Trinajstić information content (AvgIpc) is 3.11. The number of carbonyl (C=O) groups is 2. The first kappa shape index (κ1) is 24.9. The van der Waals surface area contributed by atoms with Gasteiger partial charge < -0.3 is 19.5 Å². The molecule has 7 nitrogen and oxygen atoms in total. The average molecular weight is 483 g/mol. The number of Topliss-reactive ketones (excluding diaryl/α,β-unsaturated/α-hetero) is 1. The molecule has 2 aliphatic rings. The van der Waals surface area contributed by atoms with E-state index in [0.717, 1.165) is 25.2 Å². The minimum Gasteiger partial charge on any atom is -0.507 e. The van der Waals surface area contributed by atoms with Crippen LogP contribution in [0, 0.1) is 12.7 Å². The Morgan fingerprint density at radius 2 is 1.83 bits per heavy atom. The lowest BCUT2D eigenvalue weighted by Crippen LogP contribution is -2.38. The molecule has 0 bridgehead atoms. The Balaban J connectivity index is 1.67. The van der Waals surface area contributed by atoms with Gasteiger partial charge in [0.25, 0.3) is 11.7 Å². The van der Waals surface area contributed by atoms with Crippen molar-refractivity contribution < 1.29 is 28.6 Å². The highest BCUT2D eigenvalue weighted by atomic mass is 19.1. The van der Waals surface area contributed by atoms with E-state index in [1.165, 1.54) is 17.0 Å². The first-order chi connectivity index (χ1) is 16.9. The summed E-state index contributed by atoms with van der Waals surface area (Å²) in [6, 6.07) is 10.0. The number of aryl methyl sites for hydroxylation is 1. The molecule has 186 valence electrons. The molecule has 1 amide bonds. The number of halogens is 1. The van der Waals surface area contributed by atoms with E-state index in [9.17, 15) is 19.1 Å². The molecule has 4 rings (SSSR count). The predicted octanol–water partition coefficient (Wildman–Crippen LogP) is 3.68. The second-order valence-corrected chi connectivity index (χ2v) is 8.76. The number of ether oxygens (including phenoxy) is 2. The van der Waals surface area contributed by atoms with Crippen molar-refractivity contribution in [2.75, 3.05) is 46.0 Å². The van der Waals surface area contributed by atoms with Crippen LogP contribution in [0.15, 0.2) is 48.0 Å². The van der Waals surface area contributed by atoms with Gasteiger partial charge in [-0.25, -0.2) is 4.39 Å². The summed E-state index contributed by atoms with van der Waals surface area (Å²) in [6.45, 7) is 8.37. The van der Waals surface area contributed by atoms with Crippen LogP contribution in [-0.2, 0) is 14.3 Å². The molecular formula is C27H31FN2O5. The van der Waals surface area contributed by atoms with Gasteiger partial charge in [0.05, 0.1) is 31.4 Å². The molecule has 35 heavy (non-hydrogen) atoms. The standard InChI is InChI=1S/C27H31FN2O5/c1-3-35-22-10-7-20(17-18(22)2)25(31)23-24(19-5-8-21(28)9-6-19)30(27(33)26(23)32)12-4-11-29-13-15-34-16-14-29/h5-10,17,24,31H,3-4,11-16H2,1-2H3/t24-/m1/s1. The zero-order chi connectivity index (χ0) is 24.9. The van der Waals surface area contributed by atoms with E-state index in [1.54, 1.807) is 30.3 Å². The lowest BCUT2D eigenvalue weighted by Gasteiger charge is -2.29. The number of nitrogens with zero attached hydrogens (tertiary/aromatic N) is 2. The summed E-state index contributed by atoms with van der Waals surface area (Å²) in [5.74, 6) is -1.39. The predicted molar refractivity (Wildman–Crippen MR) is 130 cm³/mol. The number of carbonyl (C=O) groups excluding carboxylic acids is 2. The van der Waals surface area contributed by atoms with E-state index in [0.29, 0.717) is 49.7 Å². The minimum atomic E-state index is -0.799. The maximum Gasteiger partial charge on any atom is 0.295 e. The number of morpholine rings is 1. The van der Waals surface area contributed by atoms with Gasteiger partial charge in [0.1, 0.15) is 17.3 Å². The van der Waals surface area contributed by atoms with Crippen molar-refractivity contribution in [3.05, 3.63) is 70.5 Å². The highest BCUT2D eigenvalue weighted by molar-refractivity contribution is 6.46. The fourth-order valence-electron chi connectivity index (χ4n) is 4.66. The maximum atomic E-state index is 13.7. The van der Waals surface area contributed by atoms with Crippen LogP contribution in [0.5, 0.6) is 5.75 Å². The molecule has 2 aromatic carbocycles. The van der Waals surface area contributed by atoms with E-state index >= 15 is 0 Å². The number of hydrogen-bond acceptors (Lipinski definition) is 6. The summed E-state index contributed by atoms with van der Waals surface area (Å²) < 4.78 is 24.6. The number of ketones is 1. The number of amides is 1. The lowest BCUT2D eigenvalue weighted by molar-refractivity contribution is -0.140. The third-order valence-corrected chi connectivity index (χ3v) is 6.45. The molecule has 2 heterocycles. The van der Waals surface area contributed by atoms with Crippen LogP contribution in [-0.4, -0.2) is 72.6 Å². The zero-order valence-corrected chi connectivity index (χ0v) is 20.1. The van der Waals surface area contributed by atoms with Crippen molar-refractivity contribution >= 4 is 17.4 Å². The van der Waals surface area contributed by atoms with Gasteiger partial charge in [-0.05, 0) is 61.7 Å². The van der Waals surface area contributed by atoms with E-state index in [-0.39, 0.29) is 11.3 Å². The van der Waals surface area contributed by atoms with Crippen molar-refractivity contribution in [2.45, 2.75) is 26.3 Å². The molecule has 1 atom stereocenters. The van der Waals surface area contributed by atoms with Crippen LogP contribution in [0.1, 0.15) is 36.1 Å². The second kappa shape index (κ2) is 11.0. The second-order valence-electron chi connectivity index (χ2n) is 8.76. The molecule has 2 saturated heterocycles. The maximum absolute atomic E-state index is 13.7. The fourth-order valence-corrected chi connectivity index (χ4v) is 4.66. The quantitative estimate of drug-likeness (QED) is 0.351. The largest absolute Gasteiger partial charge is 0.507 e. The Labute approximate surface area is 204 Å². The first-order valence-electron chi connectivity index (χ1n) is 12.0. The number of benzene rings is 2. The molecule has 0 unspecified atom stereocenters. The van der Waals surface area contributed by atoms with Crippen LogP contribution in [0.4, 0.5) is 4.39 Å². The summed E-state index contributed by atoms with van der Waals surface area (Å²) in [5, 5.41) is 11.2. The summed E-state index contributed by atoms with van der Waals surface area (Å²) in [4.78, 5) is 30.0. The van der Waals surface area contributed by atoms with Crippen LogP contribution < -0.4 is 4.74 Å². The van der Waals surface area contributed by atoms with Crippen LogP contribution in [0.25, 0.3) is 5.76 Å². The molecule has 8 heteroatoms. The fraction of sp³-hybridized carbons (Fsp3) is 0.407. The molecule has 0 saturated carbocycles. The molecule has 0 spiro atoms. The van der Waals surface area contributed by atoms with E-state index in [1.807, 2.05) is 13.8 Å². The van der Waals surface area contributed by atoms with Gasteiger partial charge in [0.2, 0.25) is 0 Å². The van der Waals surface area contributed by atoms with Crippen molar-refractivity contribution in [3.63, 3.8) is 0 Å². The van der Waals surface area contributed by atoms with E-state index < -0.39 is 23.5 Å². The van der Waals surface area contributed by atoms with Crippen molar-refractivity contribution in [3.8, 4) is 5.75 Å². The lowest BCUT2D eigenvalue weighted by atomic mass is 9.94. The Bertz CT molecular complexity index is 1110. The van der Waals surface area contributed by atoms with Crippen LogP contribution >= 0.6 is 0 Å². The SMILES string of the molecule is CCOc1ccc(C(O)=C2C(=O)C(=O)N(CCCN3CCOCC3)[C@@H]2c2ccc(F)cc2)cc1C. The number of rotatable bonds is 8. The molecule has 2 aliphatic heterocycles. The number of hydrogen-bond donors (Lipinski definition) is 1. The highest BCUT2D eigenvalue weighted by Gasteiger charge is 2.45. The van der Waals surface area contributed by atoms with Gasteiger partial charge in [-0.1, -0.05) is 12.1 Å². The summed E-state index contributed by atoms with van der Waals surface area (Å²) in [6.07, 6.45) is 0.660. The van der Waals surface area contributed by atoms with Crippen molar-refractivity contribution in [1.82, 2.24) is 9.80 Å². The normalized spacial score (nSPS) is 20.4. The van der Waals surface area contributed by atoms with Gasteiger partial charge >= 0.3 is 0 Å². The van der Waals surface area contributed by atoms with Crippen molar-refractivity contribution in [1.29, 1.82) is 0 Å². The Morgan fingerprint density at radius 1 is 1.11 bits per heavy atom. The van der Waals surface area contributed by atoms with Crippen molar-refractivity contribution in [2.24, 2.45) is 0 Å². The van der Waals surface area contributed by atoms with Gasteiger partial charge in [0, 0.05) is 31.7 Å². The minimum absolute atomic E-state index is 0.0107. The monoisotopic (exact) mass is 482 g/mol. The topological polar surface area (TPSA) is 79.3 Å². The highest BCUT2D eigenvalue weighted by Crippen LogP contribution is 2.40.